The van der Waals surface area contributed by atoms with E-state index < -0.39 is 0 Å². The van der Waals surface area contributed by atoms with Crippen molar-refractivity contribution in [2.45, 2.75) is 32.2 Å². The highest BCUT2D eigenvalue weighted by Gasteiger charge is 2.24. The molecule has 0 radical (unpaired) electrons. The number of nitrogens with zero attached hydrogens (tertiary/aromatic N) is 6. The first-order chi connectivity index (χ1) is 14.2. The van der Waals surface area contributed by atoms with Gasteiger partial charge in [-0.3, -0.25) is 4.79 Å². The predicted molar refractivity (Wildman–Crippen MR) is 112 cm³/mol. The molecule has 0 aromatic carbocycles. The van der Waals surface area contributed by atoms with Crippen molar-refractivity contribution in [1.82, 2.24) is 20.1 Å². The Labute approximate surface area is 171 Å². The zero-order chi connectivity index (χ0) is 20.2. The number of hydrogen-bond donors (Lipinski definition) is 0. The van der Waals surface area contributed by atoms with Gasteiger partial charge in [-0.25, -0.2) is 4.98 Å². The number of hydrogen-bond acceptors (Lipinski definition) is 7. The lowest BCUT2D eigenvalue weighted by molar-refractivity contribution is 0.0746. The molecule has 4 rings (SSSR count). The molecule has 2 fully saturated rings. The van der Waals surface area contributed by atoms with Gasteiger partial charge in [-0.1, -0.05) is 0 Å². The molecule has 0 aliphatic carbocycles. The third kappa shape index (κ3) is 4.26. The van der Waals surface area contributed by atoms with E-state index in [9.17, 15) is 4.79 Å². The second-order valence-corrected chi connectivity index (χ2v) is 7.65. The number of anilines is 2. The molecular formula is C21H28N6O2. The highest BCUT2D eigenvalue weighted by atomic mass is 16.5. The molecule has 2 aromatic heterocycles. The molecule has 29 heavy (non-hydrogen) atoms. The molecule has 1 atom stereocenters. The maximum absolute atomic E-state index is 12.8. The molecule has 8 heteroatoms. The largest absolute Gasteiger partial charge is 0.481 e. The Kier molecular flexibility index (Phi) is 5.78. The summed E-state index contributed by atoms with van der Waals surface area (Å²) in [4.78, 5) is 23.2. The quantitative estimate of drug-likeness (QED) is 0.784. The maximum atomic E-state index is 12.8. The van der Waals surface area contributed by atoms with Crippen LogP contribution in [0.15, 0.2) is 30.5 Å². The Morgan fingerprint density at radius 3 is 2.48 bits per heavy atom. The Morgan fingerprint density at radius 1 is 1.03 bits per heavy atom. The Balaban J connectivity index is 1.36. The number of ether oxygens (including phenoxy) is 1. The fourth-order valence-corrected chi connectivity index (χ4v) is 4.05. The van der Waals surface area contributed by atoms with Crippen molar-refractivity contribution in [1.29, 1.82) is 0 Å². The number of amides is 1. The minimum Gasteiger partial charge on any atom is -0.481 e. The van der Waals surface area contributed by atoms with Gasteiger partial charge in [0.1, 0.15) is 0 Å². The molecule has 2 aliphatic heterocycles. The lowest BCUT2D eigenvalue weighted by Gasteiger charge is -2.36. The van der Waals surface area contributed by atoms with Crippen LogP contribution < -0.4 is 14.5 Å². The average Bonchev–Trinajstić information content (AvgIpc) is 2.79. The van der Waals surface area contributed by atoms with Gasteiger partial charge >= 0.3 is 0 Å². The topological polar surface area (TPSA) is 74.7 Å². The van der Waals surface area contributed by atoms with Crippen LogP contribution in [-0.2, 0) is 0 Å². The zero-order valence-corrected chi connectivity index (χ0v) is 17.1. The van der Waals surface area contributed by atoms with Crippen molar-refractivity contribution >= 4 is 17.5 Å². The fraction of sp³-hybridized carbons (Fsp3) is 0.524. The van der Waals surface area contributed by atoms with E-state index in [0.29, 0.717) is 30.6 Å². The minimum absolute atomic E-state index is 0.00543. The first kappa shape index (κ1) is 19.4. The van der Waals surface area contributed by atoms with Gasteiger partial charge in [-0.2, -0.15) is 0 Å². The van der Waals surface area contributed by atoms with Gasteiger partial charge in [0.05, 0.1) is 7.11 Å². The van der Waals surface area contributed by atoms with Gasteiger partial charge < -0.3 is 19.4 Å². The lowest BCUT2D eigenvalue weighted by Crippen LogP contribution is -2.49. The van der Waals surface area contributed by atoms with Crippen molar-refractivity contribution in [3.63, 3.8) is 0 Å². The van der Waals surface area contributed by atoms with Crippen molar-refractivity contribution in [3.8, 4) is 5.88 Å². The van der Waals surface area contributed by atoms with Crippen molar-refractivity contribution in [2.75, 3.05) is 49.6 Å². The van der Waals surface area contributed by atoms with Crippen LogP contribution in [0.5, 0.6) is 5.88 Å². The molecule has 1 unspecified atom stereocenters. The second kappa shape index (κ2) is 8.63. The molecule has 0 saturated carbocycles. The van der Waals surface area contributed by atoms with E-state index in [1.54, 1.807) is 25.4 Å². The van der Waals surface area contributed by atoms with Crippen LogP contribution >= 0.6 is 0 Å². The standard InChI is InChI=1S/C21H28N6O2/c1-16-5-3-4-10-27(16)19-7-6-18(23-24-19)25-11-13-26(14-12-25)21(28)17-8-9-22-20(15-17)29-2/h6-9,15-16H,3-5,10-14H2,1-2H3. The van der Waals surface area contributed by atoms with Crippen LogP contribution in [0.25, 0.3) is 0 Å². The molecule has 2 saturated heterocycles. The number of pyridine rings is 1. The van der Waals surface area contributed by atoms with Crippen molar-refractivity contribution in [2.24, 2.45) is 0 Å². The zero-order valence-electron chi connectivity index (χ0n) is 17.1. The molecule has 154 valence electrons. The average molecular weight is 396 g/mol. The number of piperazine rings is 1. The van der Waals surface area contributed by atoms with Gasteiger partial charge in [-0.05, 0) is 44.4 Å². The summed E-state index contributed by atoms with van der Waals surface area (Å²) in [5, 5.41) is 8.95. The highest BCUT2D eigenvalue weighted by Crippen LogP contribution is 2.24. The maximum Gasteiger partial charge on any atom is 0.254 e. The third-order valence-electron chi connectivity index (χ3n) is 5.82. The summed E-state index contributed by atoms with van der Waals surface area (Å²) in [6.07, 6.45) is 5.32. The number of rotatable bonds is 4. The summed E-state index contributed by atoms with van der Waals surface area (Å²) in [5.41, 5.74) is 0.602. The van der Waals surface area contributed by atoms with Crippen LogP contribution in [0, 0.1) is 0 Å². The summed E-state index contributed by atoms with van der Waals surface area (Å²) in [6.45, 7) is 6.08. The van der Waals surface area contributed by atoms with Gasteiger partial charge in [0.15, 0.2) is 11.6 Å². The van der Waals surface area contributed by atoms with Crippen molar-refractivity contribution < 1.29 is 9.53 Å². The first-order valence-electron chi connectivity index (χ1n) is 10.3. The van der Waals surface area contributed by atoms with E-state index in [0.717, 1.165) is 31.3 Å². The number of methoxy groups -OCH3 is 1. The Morgan fingerprint density at radius 2 is 1.79 bits per heavy atom. The highest BCUT2D eigenvalue weighted by molar-refractivity contribution is 5.94. The lowest BCUT2D eigenvalue weighted by atomic mass is 10.0. The Hall–Kier alpha value is -2.90. The number of carbonyl (C=O) groups excluding carboxylic acids is 1. The van der Waals surface area contributed by atoms with Gasteiger partial charge in [0.25, 0.3) is 5.91 Å². The van der Waals surface area contributed by atoms with E-state index in [4.69, 9.17) is 4.74 Å². The van der Waals surface area contributed by atoms with Crippen molar-refractivity contribution in [3.05, 3.63) is 36.0 Å². The van der Waals surface area contributed by atoms with E-state index in [1.165, 1.54) is 19.3 Å². The normalized spacial score (nSPS) is 19.9. The smallest absolute Gasteiger partial charge is 0.254 e. The predicted octanol–water partition coefficient (Wildman–Crippen LogP) is 2.22. The SMILES string of the molecule is COc1cc(C(=O)N2CCN(c3ccc(N4CCCCC4C)nn3)CC2)ccn1. The van der Waals surface area contributed by atoms with Crippen LogP contribution in [0.4, 0.5) is 11.6 Å². The van der Waals surface area contributed by atoms with Crippen LogP contribution in [0.1, 0.15) is 36.5 Å². The molecule has 0 bridgehead atoms. The summed E-state index contributed by atoms with van der Waals surface area (Å²) >= 11 is 0. The summed E-state index contributed by atoms with van der Waals surface area (Å²) < 4.78 is 5.12. The van der Waals surface area contributed by atoms with Gasteiger partial charge in [0, 0.05) is 56.6 Å². The molecular weight excluding hydrogens is 368 g/mol. The first-order valence-corrected chi connectivity index (χ1v) is 10.3. The Bertz CT molecular complexity index is 835. The van der Waals surface area contributed by atoms with E-state index in [-0.39, 0.29) is 5.91 Å². The fourth-order valence-electron chi connectivity index (χ4n) is 4.05. The van der Waals surface area contributed by atoms with Crippen LogP contribution in [0.2, 0.25) is 0 Å². The minimum atomic E-state index is 0.00543. The summed E-state index contributed by atoms with van der Waals surface area (Å²) in [5.74, 6) is 2.29. The number of carbonyl (C=O) groups is 1. The number of aromatic nitrogens is 3. The third-order valence-corrected chi connectivity index (χ3v) is 5.82. The molecule has 2 aromatic rings. The van der Waals surface area contributed by atoms with E-state index in [1.807, 2.05) is 4.90 Å². The van der Waals surface area contributed by atoms with Crippen LogP contribution in [-0.4, -0.2) is 71.9 Å². The molecule has 2 aliphatic rings. The number of piperidine rings is 1. The second-order valence-electron chi connectivity index (χ2n) is 7.65. The van der Waals surface area contributed by atoms with Gasteiger partial charge in [0.2, 0.25) is 5.88 Å². The molecule has 8 nitrogen and oxygen atoms in total. The van der Waals surface area contributed by atoms with E-state index >= 15 is 0 Å². The molecule has 4 heterocycles. The molecule has 0 spiro atoms. The molecule has 1 amide bonds. The summed E-state index contributed by atoms with van der Waals surface area (Å²) in [6, 6.07) is 8.05. The summed E-state index contributed by atoms with van der Waals surface area (Å²) in [7, 11) is 1.55. The van der Waals surface area contributed by atoms with E-state index in [2.05, 4.69) is 44.0 Å². The monoisotopic (exact) mass is 396 g/mol. The van der Waals surface area contributed by atoms with Gasteiger partial charge in [-0.15, -0.1) is 10.2 Å². The van der Waals surface area contributed by atoms with Crippen LogP contribution in [0.3, 0.4) is 0 Å². The molecule has 0 N–H and O–H groups in total.